The van der Waals surface area contributed by atoms with Crippen molar-refractivity contribution in [1.29, 1.82) is 0 Å². The number of hydrogen-bond donors (Lipinski definition) is 1. The van der Waals surface area contributed by atoms with E-state index in [0.29, 0.717) is 12.1 Å². The molecule has 1 aliphatic heterocycles. The van der Waals surface area contributed by atoms with E-state index in [4.69, 9.17) is 0 Å². The Morgan fingerprint density at radius 1 is 0.969 bits per heavy atom. The number of rotatable bonds is 5. The van der Waals surface area contributed by atoms with Crippen molar-refractivity contribution in [2.75, 3.05) is 51.1 Å². The summed E-state index contributed by atoms with van der Waals surface area (Å²) in [5.74, 6) is 0.0175. The first kappa shape index (κ1) is 20.4. The van der Waals surface area contributed by atoms with Crippen molar-refractivity contribution in [2.45, 2.75) is 11.8 Å². The van der Waals surface area contributed by atoms with Crippen molar-refractivity contribution in [1.82, 2.24) is 15.1 Å². The molecule has 3 aromatic rings. The molecule has 0 saturated carbocycles. The lowest BCUT2D eigenvalue weighted by Gasteiger charge is -2.35. The maximum Gasteiger partial charge on any atom is 0.275 e. The van der Waals surface area contributed by atoms with Crippen LogP contribution in [0.3, 0.4) is 0 Å². The van der Waals surface area contributed by atoms with E-state index < -0.39 is 0 Å². The summed E-state index contributed by atoms with van der Waals surface area (Å²) >= 11 is 0. The molecule has 1 N–H and O–H groups in total. The van der Waals surface area contributed by atoms with Gasteiger partial charge in [0, 0.05) is 75.7 Å². The van der Waals surface area contributed by atoms with Gasteiger partial charge >= 0.3 is 0 Å². The second-order valence-electron chi connectivity index (χ2n) is 9.13. The van der Waals surface area contributed by atoms with E-state index in [1.165, 1.54) is 11.1 Å². The molecule has 0 bridgehead atoms. The summed E-state index contributed by atoms with van der Waals surface area (Å²) in [6.07, 6.45) is 5.06. The van der Waals surface area contributed by atoms with Crippen LogP contribution in [0.15, 0.2) is 54.6 Å². The molecule has 0 atom stereocenters. The monoisotopic (exact) mass is 427 g/mol. The van der Waals surface area contributed by atoms with E-state index in [-0.39, 0.29) is 11.3 Å². The maximum atomic E-state index is 12.7. The normalized spacial score (nSPS) is 15.9. The lowest BCUT2D eigenvalue weighted by molar-refractivity contribution is 0.0880. The molecule has 164 valence electrons. The van der Waals surface area contributed by atoms with Crippen molar-refractivity contribution < 1.29 is 4.79 Å². The summed E-state index contributed by atoms with van der Waals surface area (Å²) in [5.41, 5.74) is 6.85. The predicted molar refractivity (Wildman–Crippen MR) is 130 cm³/mol. The number of fused-ring (bicyclic) bond motifs is 1. The average molecular weight is 428 g/mol. The highest BCUT2D eigenvalue weighted by atomic mass is 16.2. The van der Waals surface area contributed by atoms with Crippen LogP contribution < -0.4 is 9.80 Å². The van der Waals surface area contributed by atoms with Crippen LogP contribution in [0.25, 0.3) is 6.08 Å². The van der Waals surface area contributed by atoms with Crippen LogP contribution in [0.4, 0.5) is 11.4 Å². The number of allylic oxidation sites excluding steroid dienone is 1. The van der Waals surface area contributed by atoms with E-state index in [2.05, 4.69) is 109 Å². The van der Waals surface area contributed by atoms with Gasteiger partial charge < -0.3 is 14.7 Å². The number of carbonyl (C=O) groups is 1. The summed E-state index contributed by atoms with van der Waals surface area (Å²) in [6.45, 7) is 1.64. The molecule has 1 fully saturated rings. The third-order valence-corrected chi connectivity index (χ3v) is 6.57. The third kappa shape index (κ3) is 3.36. The molecule has 1 aliphatic carbocycles. The van der Waals surface area contributed by atoms with E-state index in [1.54, 1.807) is 0 Å². The zero-order valence-corrected chi connectivity index (χ0v) is 19.1. The molecular weight excluding hydrogens is 398 g/mol. The lowest BCUT2D eigenvalue weighted by Crippen LogP contribution is -2.31. The largest absolute Gasteiger partial charge is 0.378 e. The van der Waals surface area contributed by atoms with Crippen molar-refractivity contribution in [3.05, 3.63) is 82.7 Å². The molecule has 2 aromatic carbocycles. The highest BCUT2D eigenvalue weighted by Gasteiger charge is 2.39. The number of H-pyrrole nitrogens is 1. The van der Waals surface area contributed by atoms with Crippen molar-refractivity contribution in [2.24, 2.45) is 0 Å². The fourth-order valence-corrected chi connectivity index (χ4v) is 4.52. The summed E-state index contributed by atoms with van der Waals surface area (Å²) in [6, 6.07) is 17.4. The number of amides is 1. The van der Waals surface area contributed by atoms with Gasteiger partial charge in [0.15, 0.2) is 5.69 Å². The minimum absolute atomic E-state index is 0.0175. The molecule has 0 radical (unpaired) electrons. The molecule has 1 amide bonds. The Morgan fingerprint density at radius 2 is 1.56 bits per heavy atom. The first-order chi connectivity index (χ1) is 15.4. The molecule has 5 rings (SSSR count). The fraction of sp³-hybridized carbons (Fsp3) is 0.308. The molecule has 0 unspecified atom stereocenters. The van der Waals surface area contributed by atoms with Crippen LogP contribution in [0.1, 0.15) is 32.9 Å². The lowest BCUT2D eigenvalue weighted by atomic mass is 9.68. The van der Waals surface area contributed by atoms with Crippen LogP contribution in [-0.4, -0.2) is 62.3 Å². The van der Waals surface area contributed by atoms with Gasteiger partial charge in [-0.1, -0.05) is 36.4 Å². The second kappa shape index (κ2) is 7.55. The van der Waals surface area contributed by atoms with Gasteiger partial charge in [-0.2, -0.15) is 5.10 Å². The Morgan fingerprint density at radius 3 is 2.09 bits per heavy atom. The number of hydrogen-bond acceptors (Lipinski definition) is 4. The van der Waals surface area contributed by atoms with Crippen LogP contribution >= 0.6 is 0 Å². The first-order valence-electron chi connectivity index (χ1n) is 11.0. The fourth-order valence-electron chi connectivity index (χ4n) is 4.52. The zero-order valence-electron chi connectivity index (χ0n) is 19.1. The molecule has 6 nitrogen and oxygen atoms in total. The minimum atomic E-state index is -0.363. The van der Waals surface area contributed by atoms with Gasteiger partial charge in [-0.15, -0.1) is 0 Å². The number of nitrogens with zero attached hydrogens (tertiary/aromatic N) is 4. The highest BCUT2D eigenvalue weighted by Crippen LogP contribution is 2.43. The molecule has 32 heavy (non-hydrogen) atoms. The Balaban J connectivity index is 1.66. The van der Waals surface area contributed by atoms with Crippen molar-refractivity contribution >= 4 is 23.4 Å². The Hall–Kier alpha value is -3.54. The Labute approximate surface area is 189 Å². The summed E-state index contributed by atoms with van der Waals surface area (Å²) < 4.78 is 0. The SMILES string of the molecule is CN(C)c1cccc(C2(c3cccc(N(C)C)c3)C=Cc3c(C(=O)N4CC4)n[nH]c3C2)c1. The number of aromatic amines is 1. The zero-order chi connectivity index (χ0) is 22.5. The second-order valence-corrected chi connectivity index (χ2v) is 9.13. The van der Waals surface area contributed by atoms with Gasteiger partial charge in [0.25, 0.3) is 5.91 Å². The van der Waals surface area contributed by atoms with E-state index in [1.807, 2.05) is 4.90 Å². The topological polar surface area (TPSA) is 55.2 Å². The van der Waals surface area contributed by atoms with Crippen molar-refractivity contribution in [3.8, 4) is 0 Å². The van der Waals surface area contributed by atoms with Gasteiger partial charge in [-0.05, 0) is 35.4 Å². The van der Waals surface area contributed by atoms with Crippen LogP contribution in [0.5, 0.6) is 0 Å². The quantitative estimate of drug-likeness (QED) is 0.633. The van der Waals surface area contributed by atoms with Gasteiger partial charge in [-0.25, -0.2) is 0 Å². The molecule has 6 heteroatoms. The summed E-state index contributed by atoms with van der Waals surface area (Å²) in [5, 5.41) is 7.61. The van der Waals surface area contributed by atoms with Crippen LogP contribution in [0.2, 0.25) is 0 Å². The number of aromatic nitrogens is 2. The van der Waals surface area contributed by atoms with Gasteiger partial charge in [0.2, 0.25) is 0 Å². The van der Waals surface area contributed by atoms with Crippen LogP contribution in [0, 0.1) is 0 Å². The Kier molecular flexibility index (Phi) is 4.81. The standard InChI is InChI=1S/C26H29N5O/c1-29(2)20-9-5-7-18(15-20)26(19-8-6-10-21(16-19)30(3)4)12-11-22-23(17-26)27-28-24(22)25(32)31-13-14-31/h5-12,15-16H,13-14,17H2,1-4H3,(H,27,28). The van der Waals surface area contributed by atoms with Gasteiger partial charge in [-0.3, -0.25) is 9.89 Å². The molecule has 2 aliphatic rings. The Bertz CT molecular complexity index is 1150. The smallest absolute Gasteiger partial charge is 0.275 e. The third-order valence-electron chi connectivity index (χ3n) is 6.57. The van der Waals surface area contributed by atoms with Crippen molar-refractivity contribution in [3.63, 3.8) is 0 Å². The molecule has 2 heterocycles. The maximum absolute atomic E-state index is 12.7. The van der Waals surface area contributed by atoms with Crippen LogP contribution in [-0.2, 0) is 11.8 Å². The number of carbonyl (C=O) groups excluding carboxylic acids is 1. The minimum Gasteiger partial charge on any atom is -0.378 e. The summed E-state index contributed by atoms with van der Waals surface area (Å²) in [4.78, 5) is 18.7. The summed E-state index contributed by atoms with van der Waals surface area (Å²) in [7, 11) is 8.25. The number of anilines is 2. The van der Waals surface area contributed by atoms with Gasteiger partial charge in [0.1, 0.15) is 0 Å². The molecule has 1 aromatic heterocycles. The van der Waals surface area contributed by atoms with E-state index in [9.17, 15) is 4.79 Å². The first-order valence-corrected chi connectivity index (χ1v) is 11.0. The number of nitrogens with one attached hydrogen (secondary N) is 1. The van der Waals surface area contributed by atoms with Gasteiger partial charge in [0.05, 0.1) is 0 Å². The molecule has 1 saturated heterocycles. The highest BCUT2D eigenvalue weighted by molar-refractivity contribution is 5.97. The molecular formula is C26H29N5O. The average Bonchev–Trinajstić information content (AvgIpc) is 3.58. The molecule has 0 spiro atoms. The van der Waals surface area contributed by atoms with E-state index >= 15 is 0 Å². The number of benzene rings is 2. The van der Waals surface area contributed by atoms with E-state index in [0.717, 1.165) is 35.7 Å². The predicted octanol–water partition coefficient (Wildman–Crippen LogP) is 3.55.